The minimum Gasteiger partial charge on any atom is -0.379 e. The van der Waals surface area contributed by atoms with Gasteiger partial charge in [-0.15, -0.1) is 0 Å². The van der Waals surface area contributed by atoms with Gasteiger partial charge in [-0.05, 0) is 31.4 Å². The van der Waals surface area contributed by atoms with Crippen molar-refractivity contribution in [2.45, 2.75) is 39.3 Å². The number of ether oxygens (including phenoxy) is 1. The number of nitrogens with zero attached hydrogens (tertiary/aromatic N) is 2. The van der Waals surface area contributed by atoms with Crippen LogP contribution in [0.5, 0.6) is 0 Å². The summed E-state index contributed by atoms with van der Waals surface area (Å²) in [6.07, 6.45) is 0. The molecule has 0 aliphatic carbocycles. The summed E-state index contributed by atoms with van der Waals surface area (Å²) >= 11 is 0. The third-order valence-corrected chi connectivity index (χ3v) is 6.23. The maximum absolute atomic E-state index is 13.3. The Kier molecular flexibility index (Phi) is 3.90. The lowest BCUT2D eigenvalue weighted by Crippen LogP contribution is -2.60. The topological polar surface area (TPSA) is 61.9 Å². The van der Waals surface area contributed by atoms with Gasteiger partial charge in [-0.3, -0.25) is 19.4 Å². The molecule has 0 spiro atoms. The molecule has 0 saturated carbocycles. The molecule has 2 saturated heterocycles. The summed E-state index contributed by atoms with van der Waals surface area (Å²) < 4.78 is 5.69. The highest BCUT2D eigenvalue weighted by molar-refractivity contribution is 6.14. The number of amides is 2. The molecule has 6 heteroatoms. The molecule has 0 bridgehead atoms. The zero-order valence-corrected chi connectivity index (χ0v) is 15.9. The van der Waals surface area contributed by atoms with E-state index in [1.165, 1.54) is 0 Å². The van der Waals surface area contributed by atoms with Crippen LogP contribution in [-0.2, 0) is 14.3 Å². The van der Waals surface area contributed by atoms with Gasteiger partial charge in [-0.2, -0.15) is 0 Å². The predicted octanol–water partition coefficient (Wildman–Crippen LogP) is 2.11. The number of carbonyl (C=O) groups is 2. The van der Waals surface area contributed by atoms with E-state index in [1.807, 2.05) is 24.3 Å². The first-order valence-electron chi connectivity index (χ1n) is 9.27. The molecule has 3 aliphatic rings. The largest absolute Gasteiger partial charge is 0.379 e. The maximum Gasteiger partial charge on any atom is 0.250 e. The van der Waals surface area contributed by atoms with E-state index in [9.17, 15) is 9.59 Å². The number of hydrogen-bond acceptors (Lipinski definition) is 4. The molecule has 6 nitrogen and oxygen atoms in total. The van der Waals surface area contributed by atoms with Crippen LogP contribution in [0.4, 0.5) is 11.4 Å². The lowest BCUT2D eigenvalue weighted by Gasteiger charge is -2.42. The highest BCUT2D eigenvalue weighted by atomic mass is 16.5. The van der Waals surface area contributed by atoms with Gasteiger partial charge in [-0.25, -0.2) is 0 Å². The van der Waals surface area contributed by atoms with Crippen molar-refractivity contribution in [1.29, 1.82) is 0 Å². The van der Waals surface area contributed by atoms with Crippen LogP contribution in [0.3, 0.4) is 0 Å². The number of rotatable bonds is 2. The summed E-state index contributed by atoms with van der Waals surface area (Å²) in [6, 6.07) is 7.77. The second kappa shape index (κ2) is 5.79. The van der Waals surface area contributed by atoms with E-state index in [-0.39, 0.29) is 23.3 Å². The highest BCUT2D eigenvalue weighted by Crippen LogP contribution is 2.43. The van der Waals surface area contributed by atoms with Crippen LogP contribution in [0.25, 0.3) is 0 Å². The third kappa shape index (κ3) is 2.55. The normalized spacial score (nSPS) is 29.2. The van der Waals surface area contributed by atoms with Crippen LogP contribution in [-0.4, -0.2) is 54.6 Å². The molecule has 1 N–H and O–H groups in total. The summed E-state index contributed by atoms with van der Waals surface area (Å²) in [5, 5.41) is 2.91. The average molecular weight is 357 g/mol. The zero-order chi connectivity index (χ0) is 18.7. The molecular weight excluding hydrogens is 330 g/mol. The van der Waals surface area contributed by atoms with E-state index in [0.717, 1.165) is 18.8 Å². The van der Waals surface area contributed by atoms with Crippen LogP contribution in [0, 0.1) is 11.3 Å². The summed E-state index contributed by atoms with van der Waals surface area (Å²) in [7, 11) is 0. The Morgan fingerprint density at radius 3 is 2.73 bits per heavy atom. The summed E-state index contributed by atoms with van der Waals surface area (Å²) in [5.41, 5.74) is 0.661. The first kappa shape index (κ1) is 17.5. The molecule has 0 radical (unpaired) electrons. The molecule has 2 fully saturated rings. The van der Waals surface area contributed by atoms with Crippen LogP contribution < -0.4 is 10.2 Å². The number of likely N-dealkylation sites (tertiary alicyclic amines) is 1. The quantitative estimate of drug-likeness (QED) is 0.881. The fraction of sp³-hybridized carbons (Fsp3) is 0.600. The van der Waals surface area contributed by atoms with Crippen LogP contribution in [0.2, 0.25) is 0 Å². The number of benzene rings is 1. The molecule has 26 heavy (non-hydrogen) atoms. The Bertz CT molecular complexity index is 758. The molecule has 3 aliphatic heterocycles. The number of nitrogens with one attached hydrogen (secondary N) is 1. The Labute approximate surface area is 154 Å². The minimum atomic E-state index is -0.924. The number of fused-ring (bicyclic) bond motifs is 2. The van der Waals surface area contributed by atoms with Crippen LogP contribution in [0.15, 0.2) is 24.3 Å². The van der Waals surface area contributed by atoms with Gasteiger partial charge in [0, 0.05) is 18.5 Å². The van der Waals surface area contributed by atoms with Crippen molar-refractivity contribution in [2.24, 2.45) is 11.3 Å². The Morgan fingerprint density at radius 2 is 1.96 bits per heavy atom. The van der Waals surface area contributed by atoms with Crippen molar-refractivity contribution in [2.75, 3.05) is 36.5 Å². The van der Waals surface area contributed by atoms with Crippen molar-refractivity contribution >= 4 is 23.2 Å². The van der Waals surface area contributed by atoms with Gasteiger partial charge in [0.15, 0.2) is 0 Å². The minimum absolute atomic E-state index is 0.0411. The van der Waals surface area contributed by atoms with E-state index in [0.29, 0.717) is 24.8 Å². The second-order valence-corrected chi connectivity index (χ2v) is 8.86. The lowest BCUT2D eigenvalue weighted by atomic mass is 9.80. The summed E-state index contributed by atoms with van der Waals surface area (Å²) in [4.78, 5) is 29.8. The van der Waals surface area contributed by atoms with Crippen LogP contribution in [0.1, 0.15) is 27.7 Å². The molecule has 1 aromatic carbocycles. The first-order chi connectivity index (χ1) is 12.2. The lowest BCUT2D eigenvalue weighted by molar-refractivity contribution is -0.127. The second-order valence-electron chi connectivity index (χ2n) is 8.86. The van der Waals surface area contributed by atoms with Gasteiger partial charge in [0.2, 0.25) is 11.8 Å². The molecule has 0 aromatic heterocycles. The summed E-state index contributed by atoms with van der Waals surface area (Å²) in [6.45, 7) is 10.7. The van der Waals surface area contributed by atoms with Crippen molar-refractivity contribution in [3.05, 3.63) is 24.3 Å². The Hall–Kier alpha value is -1.92. The van der Waals surface area contributed by atoms with E-state index in [1.54, 1.807) is 18.7 Å². The van der Waals surface area contributed by atoms with Gasteiger partial charge in [0.1, 0.15) is 5.54 Å². The fourth-order valence-corrected chi connectivity index (χ4v) is 4.72. The zero-order valence-electron chi connectivity index (χ0n) is 15.9. The Balaban J connectivity index is 1.62. The summed E-state index contributed by atoms with van der Waals surface area (Å²) in [5.74, 6) is 0.259. The van der Waals surface area contributed by atoms with Gasteiger partial charge in [0.05, 0.1) is 31.1 Å². The van der Waals surface area contributed by atoms with Gasteiger partial charge in [-0.1, -0.05) is 26.0 Å². The van der Waals surface area contributed by atoms with Crippen molar-refractivity contribution in [3.63, 3.8) is 0 Å². The molecule has 0 unspecified atom stereocenters. The van der Waals surface area contributed by atoms with Gasteiger partial charge >= 0.3 is 0 Å². The standard InChI is InChI=1S/C20H27N3O3/c1-19(2)12-22(16-11-26-10-13(16)19)9-17(24)23-15-8-6-5-7-14(15)21-18(25)20(23,3)4/h5-8,13,16H,9-12H2,1-4H3,(H,21,25)/t13-,16+/m0/s1. The van der Waals surface area contributed by atoms with Gasteiger partial charge in [0.25, 0.3) is 0 Å². The highest BCUT2D eigenvalue weighted by Gasteiger charge is 2.51. The maximum atomic E-state index is 13.3. The number of carbonyl (C=O) groups excluding carboxylic acids is 2. The molecule has 3 heterocycles. The van der Waals surface area contributed by atoms with Crippen molar-refractivity contribution < 1.29 is 14.3 Å². The monoisotopic (exact) mass is 357 g/mol. The average Bonchev–Trinajstić information content (AvgIpc) is 3.12. The first-order valence-corrected chi connectivity index (χ1v) is 9.27. The molecule has 1 aromatic rings. The molecule has 140 valence electrons. The number of anilines is 2. The SMILES string of the molecule is CC1(C)CN(CC(=O)N2c3ccccc3NC(=O)C2(C)C)[C@@H]2COC[C@@H]21. The van der Waals surface area contributed by atoms with E-state index < -0.39 is 5.54 Å². The smallest absolute Gasteiger partial charge is 0.250 e. The van der Waals surface area contributed by atoms with Crippen molar-refractivity contribution in [3.8, 4) is 0 Å². The number of para-hydroxylation sites is 2. The van der Waals surface area contributed by atoms with Gasteiger partial charge < -0.3 is 10.1 Å². The molecule has 4 rings (SSSR count). The molecular formula is C20H27N3O3. The third-order valence-electron chi connectivity index (χ3n) is 6.23. The Morgan fingerprint density at radius 1 is 1.23 bits per heavy atom. The van der Waals surface area contributed by atoms with Crippen molar-refractivity contribution in [1.82, 2.24) is 4.90 Å². The van der Waals surface area contributed by atoms with Crippen LogP contribution >= 0.6 is 0 Å². The predicted molar refractivity (Wildman–Crippen MR) is 100 cm³/mol. The van der Waals surface area contributed by atoms with E-state index >= 15 is 0 Å². The number of hydrogen-bond donors (Lipinski definition) is 1. The van der Waals surface area contributed by atoms with E-state index in [4.69, 9.17) is 4.74 Å². The molecule has 2 atom stereocenters. The van der Waals surface area contributed by atoms with E-state index in [2.05, 4.69) is 24.1 Å². The fourth-order valence-electron chi connectivity index (χ4n) is 4.72. The molecule has 2 amide bonds.